The van der Waals surface area contributed by atoms with Crippen LogP contribution in [0.5, 0.6) is 11.5 Å². The minimum Gasteiger partial charge on any atom is -0.493 e. The molecule has 0 aromatic heterocycles. The monoisotopic (exact) mass is 315 g/mol. The summed E-state index contributed by atoms with van der Waals surface area (Å²) in [7, 11) is 1.61. The molecule has 0 aliphatic heterocycles. The molecule has 5 heteroatoms. The molecule has 0 bridgehead atoms. The lowest BCUT2D eigenvalue weighted by Crippen LogP contribution is -2.35. The van der Waals surface area contributed by atoms with Gasteiger partial charge in [-0.15, -0.1) is 0 Å². The van der Waals surface area contributed by atoms with Crippen molar-refractivity contribution in [2.24, 2.45) is 0 Å². The van der Waals surface area contributed by atoms with Crippen LogP contribution in [0.25, 0.3) is 0 Å². The lowest BCUT2D eigenvalue weighted by atomic mass is 10.1. The summed E-state index contributed by atoms with van der Waals surface area (Å²) in [5.41, 5.74) is 0.990. The van der Waals surface area contributed by atoms with E-state index in [0.29, 0.717) is 37.1 Å². The molecule has 4 nitrogen and oxygen atoms in total. The van der Waals surface area contributed by atoms with Gasteiger partial charge >= 0.3 is 0 Å². The van der Waals surface area contributed by atoms with E-state index in [0.717, 1.165) is 11.3 Å². The molecule has 0 unspecified atom stereocenters. The number of nitrogens with one attached hydrogen (secondary N) is 1. The highest BCUT2D eigenvalue weighted by molar-refractivity contribution is 6.30. The maximum atomic E-state index is 6.15. The van der Waals surface area contributed by atoms with E-state index in [-0.39, 0.29) is 5.54 Å². The van der Waals surface area contributed by atoms with Crippen molar-refractivity contribution in [1.82, 2.24) is 5.32 Å². The van der Waals surface area contributed by atoms with E-state index >= 15 is 0 Å². The Morgan fingerprint density at radius 3 is 2.48 bits per heavy atom. The summed E-state index contributed by atoms with van der Waals surface area (Å²) in [6.45, 7) is 10.7. The van der Waals surface area contributed by atoms with Crippen molar-refractivity contribution in [2.75, 3.05) is 26.9 Å². The number of halogens is 1. The first kappa shape index (κ1) is 18.1. The number of benzene rings is 1. The van der Waals surface area contributed by atoms with Gasteiger partial charge in [-0.2, -0.15) is 0 Å². The Balaban J connectivity index is 2.88. The molecule has 1 rings (SSSR count). The van der Waals surface area contributed by atoms with E-state index in [4.69, 9.17) is 25.8 Å². The van der Waals surface area contributed by atoms with Crippen molar-refractivity contribution in [3.8, 4) is 11.5 Å². The molecule has 1 aromatic carbocycles. The zero-order chi connectivity index (χ0) is 15.9. The van der Waals surface area contributed by atoms with Crippen LogP contribution in [0.4, 0.5) is 0 Å². The van der Waals surface area contributed by atoms with Crippen LogP contribution in [0.15, 0.2) is 12.1 Å². The van der Waals surface area contributed by atoms with Crippen molar-refractivity contribution in [1.29, 1.82) is 0 Å². The zero-order valence-corrected chi connectivity index (χ0v) is 14.3. The van der Waals surface area contributed by atoms with Crippen LogP contribution >= 0.6 is 11.6 Å². The van der Waals surface area contributed by atoms with Crippen LogP contribution in [0.2, 0.25) is 5.02 Å². The van der Waals surface area contributed by atoms with E-state index in [9.17, 15) is 0 Å². The van der Waals surface area contributed by atoms with E-state index in [2.05, 4.69) is 26.1 Å². The summed E-state index contributed by atoms with van der Waals surface area (Å²) in [6.07, 6.45) is 0. The van der Waals surface area contributed by atoms with Crippen molar-refractivity contribution in [2.45, 2.75) is 39.8 Å². The van der Waals surface area contributed by atoms with Crippen LogP contribution in [-0.2, 0) is 11.3 Å². The fourth-order valence-electron chi connectivity index (χ4n) is 1.78. The molecule has 120 valence electrons. The molecule has 0 heterocycles. The van der Waals surface area contributed by atoms with Gasteiger partial charge in [0.2, 0.25) is 0 Å². The Morgan fingerprint density at radius 2 is 1.90 bits per heavy atom. The van der Waals surface area contributed by atoms with Gasteiger partial charge in [-0.1, -0.05) is 11.6 Å². The summed E-state index contributed by atoms with van der Waals surface area (Å²) >= 11 is 6.15. The third-order valence-electron chi connectivity index (χ3n) is 2.80. The summed E-state index contributed by atoms with van der Waals surface area (Å²) in [5.74, 6) is 1.36. The molecule has 0 spiro atoms. The van der Waals surface area contributed by atoms with E-state index < -0.39 is 0 Å². The Kier molecular flexibility index (Phi) is 7.29. The Bertz CT molecular complexity index is 444. The van der Waals surface area contributed by atoms with Crippen molar-refractivity contribution in [3.05, 3.63) is 22.7 Å². The number of ether oxygens (including phenoxy) is 3. The lowest BCUT2D eigenvalue weighted by Gasteiger charge is -2.22. The zero-order valence-electron chi connectivity index (χ0n) is 13.6. The van der Waals surface area contributed by atoms with Gasteiger partial charge in [0.15, 0.2) is 11.5 Å². The van der Waals surface area contributed by atoms with Gasteiger partial charge in [0.05, 0.1) is 13.7 Å². The number of rotatable bonds is 8. The molecule has 0 aliphatic carbocycles. The minimum absolute atomic E-state index is 0.0120. The maximum Gasteiger partial charge on any atom is 0.165 e. The summed E-state index contributed by atoms with van der Waals surface area (Å²) in [4.78, 5) is 0. The molecule has 1 N–H and O–H groups in total. The molecular formula is C16H26ClNO3. The highest BCUT2D eigenvalue weighted by atomic mass is 35.5. The molecule has 0 fully saturated rings. The predicted molar refractivity (Wildman–Crippen MR) is 86.6 cm³/mol. The average molecular weight is 316 g/mol. The molecule has 1 aromatic rings. The van der Waals surface area contributed by atoms with Gasteiger partial charge in [0.25, 0.3) is 0 Å². The van der Waals surface area contributed by atoms with Gasteiger partial charge in [0.1, 0.15) is 6.61 Å². The molecule has 0 atom stereocenters. The van der Waals surface area contributed by atoms with Crippen LogP contribution < -0.4 is 14.8 Å². The molecule has 21 heavy (non-hydrogen) atoms. The van der Waals surface area contributed by atoms with E-state index in [1.165, 1.54) is 0 Å². The number of methoxy groups -OCH3 is 1. The lowest BCUT2D eigenvalue weighted by molar-refractivity contribution is 0.108. The first-order valence-corrected chi connectivity index (χ1v) is 7.57. The Morgan fingerprint density at radius 1 is 1.19 bits per heavy atom. The fraction of sp³-hybridized carbons (Fsp3) is 0.625. The third kappa shape index (κ3) is 6.55. The largest absolute Gasteiger partial charge is 0.493 e. The second-order valence-electron chi connectivity index (χ2n) is 5.75. The van der Waals surface area contributed by atoms with E-state index in [1.807, 2.05) is 13.0 Å². The molecule has 0 radical (unpaired) electrons. The van der Waals surface area contributed by atoms with Gasteiger partial charge < -0.3 is 19.5 Å². The summed E-state index contributed by atoms with van der Waals surface area (Å²) in [5, 5.41) is 4.07. The van der Waals surface area contributed by atoms with Crippen LogP contribution in [0.3, 0.4) is 0 Å². The summed E-state index contributed by atoms with van der Waals surface area (Å²) < 4.78 is 16.5. The molecule has 0 saturated heterocycles. The van der Waals surface area contributed by atoms with Crippen molar-refractivity contribution in [3.63, 3.8) is 0 Å². The maximum absolute atomic E-state index is 6.15. The highest BCUT2D eigenvalue weighted by Crippen LogP contribution is 2.35. The Labute approximate surface area is 132 Å². The SMILES string of the molecule is CCOCCOc1c(CNC(C)(C)C)cc(Cl)cc1OC. The first-order valence-electron chi connectivity index (χ1n) is 7.19. The van der Waals surface area contributed by atoms with Crippen LogP contribution in [-0.4, -0.2) is 32.5 Å². The van der Waals surface area contributed by atoms with Gasteiger partial charge in [-0.3, -0.25) is 0 Å². The molecular weight excluding hydrogens is 290 g/mol. The minimum atomic E-state index is 0.0120. The average Bonchev–Trinajstić information content (AvgIpc) is 2.41. The standard InChI is InChI=1S/C16H26ClNO3/c1-6-20-7-8-21-15-12(11-18-16(2,3)4)9-13(17)10-14(15)19-5/h9-10,18H,6-8,11H2,1-5H3. The predicted octanol–water partition coefficient (Wildman–Crippen LogP) is 3.65. The third-order valence-corrected chi connectivity index (χ3v) is 3.02. The quantitative estimate of drug-likeness (QED) is 0.743. The Hall–Kier alpha value is -0.970. The van der Waals surface area contributed by atoms with Gasteiger partial charge in [-0.05, 0) is 33.8 Å². The number of hydrogen-bond acceptors (Lipinski definition) is 4. The summed E-state index contributed by atoms with van der Waals surface area (Å²) in [6, 6.07) is 3.66. The normalized spacial score (nSPS) is 11.5. The molecule has 0 amide bonds. The molecule has 0 saturated carbocycles. The fourth-order valence-corrected chi connectivity index (χ4v) is 2.01. The van der Waals surface area contributed by atoms with Gasteiger partial charge in [-0.25, -0.2) is 0 Å². The smallest absolute Gasteiger partial charge is 0.165 e. The van der Waals surface area contributed by atoms with Crippen molar-refractivity contribution < 1.29 is 14.2 Å². The second-order valence-corrected chi connectivity index (χ2v) is 6.18. The highest BCUT2D eigenvalue weighted by Gasteiger charge is 2.16. The first-order chi connectivity index (χ1) is 9.87. The van der Waals surface area contributed by atoms with E-state index in [1.54, 1.807) is 13.2 Å². The van der Waals surface area contributed by atoms with Crippen LogP contribution in [0.1, 0.15) is 33.3 Å². The van der Waals surface area contributed by atoms with Crippen molar-refractivity contribution >= 4 is 11.6 Å². The topological polar surface area (TPSA) is 39.7 Å². The molecule has 0 aliphatic rings. The van der Waals surface area contributed by atoms with Crippen LogP contribution in [0, 0.1) is 0 Å². The van der Waals surface area contributed by atoms with Gasteiger partial charge in [0, 0.05) is 35.3 Å². The number of hydrogen-bond donors (Lipinski definition) is 1. The second kappa shape index (κ2) is 8.47.